The van der Waals surface area contributed by atoms with E-state index in [0.29, 0.717) is 0 Å². The molecule has 1 aromatic carbocycles. The summed E-state index contributed by atoms with van der Waals surface area (Å²) in [5, 5.41) is 1.11. The normalized spacial score (nSPS) is 23.4. The van der Waals surface area contributed by atoms with Gasteiger partial charge in [-0.05, 0) is 38.4 Å². The first-order valence-electron chi connectivity index (χ1n) is 7.36. The molecule has 2 aliphatic rings. The highest BCUT2D eigenvalue weighted by Gasteiger charge is 2.31. The fourth-order valence-electron chi connectivity index (χ4n) is 3.58. The molecule has 0 saturated carbocycles. The molecular weight excluding hydrogens is 268 g/mol. The molecule has 2 fully saturated rings. The number of piperazine rings is 1. The number of nitrogens with zero attached hydrogens (tertiary/aromatic N) is 3. The molecule has 2 aromatic rings. The van der Waals surface area contributed by atoms with E-state index in [4.69, 9.17) is 5.73 Å². The molecular formula is C15H20N4S. The van der Waals surface area contributed by atoms with Crippen LogP contribution in [-0.2, 0) is 0 Å². The Balaban J connectivity index is 1.68. The molecule has 106 valence electrons. The van der Waals surface area contributed by atoms with Crippen molar-refractivity contribution < 1.29 is 0 Å². The summed E-state index contributed by atoms with van der Waals surface area (Å²) in [7, 11) is 0. The lowest BCUT2D eigenvalue weighted by molar-refractivity contribution is 0.231. The van der Waals surface area contributed by atoms with Gasteiger partial charge in [0.25, 0.3) is 0 Å². The fraction of sp³-hybridized carbons (Fsp3) is 0.533. The number of aryl methyl sites for hydroxylation is 1. The molecule has 2 aliphatic heterocycles. The Morgan fingerprint density at radius 2 is 2.20 bits per heavy atom. The second-order valence-corrected chi connectivity index (χ2v) is 7.12. The van der Waals surface area contributed by atoms with E-state index in [-0.39, 0.29) is 0 Å². The molecule has 3 heterocycles. The SMILES string of the molecule is Cc1nc2cc(N3CCN4CCCC4C3)c(N)cc2s1. The first-order valence-corrected chi connectivity index (χ1v) is 8.18. The van der Waals surface area contributed by atoms with Gasteiger partial charge in [0.2, 0.25) is 0 Å². The van der Waals surface area contributed by atoms with E-state index in [1.54, 1.807) is 11.3 Å². The second kappa shape index (κ2) is 4.60. The van der Waals surface area contributed by atoms with Crippen LogP contribution in [-0.4, -0.2) is 42.1 Å². The zero-order chi connectivity index (χ0) is 13.7. The van der Waals surface area contributed by atoms with Crippen molar-refractivity contribution >= 4 is 32.9 Å². The monoisotopic (exact) mass is 288 g/mol. The maximum absolute atomic E-state index is 6.29. The van der Waals surface area contributed by atoms with Crippen molar-refractivity contribution in [2.75, 3.05) is 36.8 Å². The van der Waals surface area contributed by atoms with Crippen LogP contribution < -0.4 is 10.6 Å². The van der Waals surface area contributed by atoms with E-state index >= 15 is 0 Å². The van der Waals surface area contributed by atoms with Crippen LogP contribution in [0.15, 0.2) is 12.1 Å². The zero-order valence-electron chi connectivity index (χ0n) is 11.8. The Morgan fingerprint density at radius 1 is 1.30 bits per heavy atom. The van der Waals surface area contributed by atoms with E-state index in [0.717, 1.165) is 41.9 Å². The molecule has 0 spiro atoms. The number of aromatic nitrogens is 1. The highest BCUT2D eigenvalue weighted by Crippen LogP contribution is 2.34. The van der Waals surface area contributed by atoms with Crippen molar-refractivity contribution in [2.45, 2.75) is 25.8 Å². The summed E-state index contributed by atoms with van der Waals surface area (Å²) in [6, 6.07) is 4.99. The Bertz CT molecular complexity index is 651. The summed E-state index contributed by atoms with van der Waals surface area (Å²) in [4.78, 5) is 9.68. The Kier molecular flexibility index (Phi) is 2.86. The molecule has 4 rings (SSSR count). The average molecular weight is 288 g/mol. The topological polar surface area (TPSA) is 45.4 Å². The van der Waals surface area contributed by atoms with Gasteiger partial charge in [0.15, 0.2) is 0 Å². The molecule has 0 amide bonds. The number of fused-ring (bicyclic) bond motifs is 2. The summed E-state index contributed by atoms with van der Waals surface area (Å²) in [6.45, 7) is 6.68. The maximum Gasteiger partial charge on any atom is 0.0907 e. The molecule has 0 radical (unpaired) electrons. The standard InChI is InChI=1S/C15H20N4S/c1-10-17-13-8-14(12(16)7-15(13)20-10)19-6-5-18-4-2-3-11(18)9-19/h7-8,11H,2-6,9,16H2,1H3. The van der Waals surface area contributed by atoms with Crippen LogP contribution in [0, 0.1) is 6.92 Å². The van der Waals surface area contributed by atoms with Crippen molar-refractivity contribution in [3.05, 3.63) is 17.1 Å². The fourth-order valence-corrected chi connectivity index (χ4v) is 4.43. The highest BCUT2D eigenvalue weighted by molar-refractivity contribution is 7.18. The molecule has 1 atom stereocenters. The van der Waals surface area contributed by atoms with Gasteiger partial charge in [-0.15, -0.1) is 11.3 Å². The van der Waals surface area contributed by atoms with E-state index in [2.05, 4.69) is 33.8 Å². The number of hydrogen-bond acceptors (Lipinski definition) is 5. The van der Waals surface area contributed by atoms with Gasteiger partial charge in [-0.3, -0.25) is 4.90 Å². The van der Waals surface area contributed by atoms with E-state index in [1.165, 1.54) is 29.8 Å². The minimum atomic E-state index is 0.719. The maximum atomic E-state index is 6.29. The van der Waals surface area contributed by atoms with Crippen LogP contribution in [0.1, 0.15) is 17.8 Å². The van der Waals surface area contributed by atoms with Crippen molar-refractivity contribution in [2.24, 2.45) is 0 Å². The Labute approximate surface area is 123 Å². The van der Waals surface area contributed by atoms with Crippen LogP contribution in [0.5, 0.6) is 0 Å². The van der Waals surface area contributed by atoms with E-state index in [1.807, 2.05) is 0 Å². The summed E-state index contributed by atoms with van der Waals surface area (Å²) >= 11 is 1.72. The first-order chi connectivity index (χ1) is 9.70. The van der Waals surface area contributed by atoms with Gasteiger partial charge in [-0.25, -0.2) is 4.98 Å². The molecule has 1 unspecified atom stereocenters. The van der Waals surface area contributed by atoms with Gasteiger partial charge >= 0.3 is 0 Å². The molecule has 20 heavy (non-hydrogen) atoms. The third-order valence-electron chi connectivity index (χ3n) is 4.57. The molecule has 1 aromatic heterocycles. The van der Waals surface area contributed by atoms with Gasteiger partial charge in [0.1, 0.15) is 0 Å². The van der Waals surface area contributed by atoms with Crippen LogP contribution in [0.25, 0.3) is 10.2 Å². The quantitative estimate of drug-likeness (QED) is 0.819. The lowest BCUT2D eigenvalue weighted by atomic mass is 10.1. The summed E-state index contributed by atoms with van der Waals surface area (Å²) in [5.41, 5.74) is 9.45. The summed E-state index contributed by atoms with van der Waals surface area (Å²) < 4.78 is 1.20. The van der Waals surface area contributed by atoms with E-state index in [9.17, 15) is 0 Å². The Hall–Kier alpha value is -1.33. The van der Waals surface area contributed by atoms with Gasteiger partial charge in [0, 0.05) is 25.7 Å². The zero-order valence-corrected chi connectivity index (χ0v) is 12.6. The number of benzene rings is 1. The number of rotatable bonds is 1. The van der Waals surface area contributed by atoms with Crippen LogP contribution >= 0.6 is 11.3 Å². The average Bonchev–Trinajstić information content (AvgIpc) is 3.01. The van der Waals surface area contributed by atoms with Gasteiger partial charge in [-0.1, -0.05) is 0 Å². The predicted molar refractivity (Wildman–Crippen MR) is 85.6 cm³/mol. The largest absolute Gasteiger partial charge is 0.397 e. The van der Waals surface area contributed by atoms with Crippen molar-refractivity contribution in [3.63, 3.8) is 0 Å². The van der Waals surface area contributed by atoms with Crippen molar-refractivity contribution in [3.8, 4) is 0 Å². The molecule has 2 N–H and O–H groups in total. The summed E-state index contributed by atoms with van der Waals surface area (Å²) in [5.74, 6) is 0. The van der Waals surface area contributed by atoms with Gasteiger partial charge in [0.05, 0.1) is 26.6 Å². The number of hydrogen-bond donors (Lipinski definition) is 1. The molecule has 2 saturated heterocycles. The number of anilines is 2. The number of nitrogen functional groups attached to an aromatic ring is 1. The minimum absolute atomic E-state index is 0.719. The van der Waals surface area contributed by atoms with Crippen molar-refractivity contribution in [1.82, 2.24) is 9.88 Å². The molecule has 4 nitrogen and oxygen atoms in total. The molecule has 0 bridgehead atoms. The first kappa shape index (κ1) is 12.4. The Morgan fingerprint density at radius 3 is 3.10 bits per heavy atom. The lowest BCUT2D eigenvalue weighted by Crippen LogP contribution is -2.50. The lowest BCUT2D eigenvalue weighted by Gasteiger charge is -2.39. The molecule has 0 aliphatic carbocycles. The van der Waals surface area contributed by atoms with Crippen LogP contribution in [0.3, 0.4) is 0 Å². The minimum Gasteiger partial charge on any atom is -0.397 e. The van der Waals surface area contributed by atoms with Crippen molar-refractivity contribution in [1.29, 1.82) is 0 Å². The highest BCUT2D eigenvalue weighted by atomic mass is 32.1. The smallest absolute Gasteiger partial charge is 0.0907 e. The van der Waals surface area contributed by atoms with E-state index < -0.39 is 0 Å². The second-order valence-electron chi connectivity index (χ2n) is 5.89. The summed E-state index contributed by atoms with van der Waals surface area (Å²) in [6.07, 6.45) is 2.67. The van der Waals surface area contributed by atoms with Gasteiger partial charge in [-0.2, -0.15) is 0 Å². The predicted octanol–water partition coefficient (Wildman–Crippen LogP) is 2.47. The van der Waals surface area contributed by atoms with Crippen LogP contribution in [0.2, 0.25) is 0 Å². The third-order valence-corrected chi connectivity index (χ3v) is 5.51. The molecule has 5 heteroatoms. The van der Waals surface area contributed by atoms with Gasteiger partial charge < -0.3 is 10.6 Å². The number of nitrogens with two attached hydrogens (primary N) is 1. The third kappa shape index (κ3) is 1.96. The number of thiazole rings is 1. The van der Waals surface area contributed by atoms with Crippen LogP contribution in [0.4, 0.5) is 11.4 Å².